The molecule has 0 saturated carbocycles. The van der Waals surface area contributed by atoms with Gasteiger partial charge in [-0.2, -0.15) is 20.1 Å². The number of nitro groups is 1. The Morgan fingerprint density at radius 3 is 2.15 bits per heavy atom. The average molecular weight is 551 g/mol. The summed E-state index contributed by atoms with van der Waals surface area (Å²) < 4.78 is 22.3. The smallest absolute Gasteiger partial charge is 0.269 e. The summed E-state index contributed by atoms with van der Waals surface area (Å²) in [5, 5.41) is 15.2. The number of hydrazone groups is 1. The Morgan fingerprint density at radius 1 is 0.950 bits per heavy atom. The number of benzene rings is 2. The second kappa shape index (κ2) is 13.0. The molecule has 2 aliphatic heterocycles. The number of non-ortho nitro benzene ring substituents is 1. The predicted octanol–water partition coefficient (Wildman–Crippen LogP) is 2.49. The number of aromatic nitrogens is 3. The van der Waals surface area contributed by atoms with E-state index in [0.717, 1.165) is 11.1 Å². The van der Waals surface area contributed by atoms with E-state index in [1.807, 2.05) is 6.07 Å². The molecule has 0 aliphatic carbocycles. The van der Waals surface area contributed by atoms with Gasteiger partial charge in [0.05, 0.1) is 44.7 Å². The van der Waals surface area contributed by atoms with Crippen LogP contribution in [0.15, 0.2) is 47.6 Å². The van der Waals surface area contributed by atoms with Gasteiger partial charge >= 0.3 is 0 Å². The summed E-state index contributed by atoms with van der Waals surface area (Å²) in [7, 11) is 1.55. The minimum atomic E-state index is -0.435. The van der Waals surface area contributed by atoms with Gasteiger partial charge in [0, 0.05) is 38.3 Å². The van der Waals surface area contributed by atoms with E-state index in [2.05, 4.69) is 30.3 Å². The molecular weight excluding hydrogens is 520 g/mol. The quantitative estimate of drug-likeness (QED) is 0.224. The zero-order chi connectivity index (χ0) is 27.7. The summed E-state index contributed by atoms with van der Waals surface area (Å²) in [4.78, 5) is 28.4. The monoisotopic (exact) mass is 550 g/mol. The number of rotatable bonds is 10. The van der Waals surface area contributed by atoms with Crippen molar-refractivity contribution >= 4 is 29.7 Å². The fraction of sp³-hybridized carbons (Fsp3) is 0.385. The van der Waals surface area contributed by atoms with Crippen LogP contribution >= 0.6 is 0 Å². The standard InChI is InChI=1S/C26H30N8O6/c1-37-23-16-20(4-7-22(23)40-18-19-2-5-21(6-3-19)34(35)36)17-27-31-24-28-25(32-8-12-38-13-9-32)30-26(29-24)33-10-14-39-15-11-33/h2-7,16-17H,8-15,18H2,1H3,(H,28,29,30,31)/b27-17-. The lowest BCUT2D eigenvalue weighted by Crippen LogP contribution is -2.40. The minimum absolute atomic E-state index is 0.0328. The van der Waals surface area contributed by atoms with Crippen LogP contribution in [0.4, 0.5) is 23.5 Å². The highest BCUT2D eigenvalue weighted by Crippen LogP contribution is 2.28. The van der Waals surface area contributed by atoms with Crippen LogP contribution in [0.2, 0.25) is 0 Å². The molecule has 0 spiro atoms. The van der Waals surface area contributed by atoms with Gasteiger partial charge in [-0.05, 0) is 41.5 Å². The summed E-state index contributed by atoms with van der Waals surface area (Å²) in [6.07, 6.45) is 1.63. The lowest BCUT2D eigenvalue weighted by molar-refractivity contribution is -0.384. The van der Waals surface area contributed by atoms with Crippen LogP contribution < -0.4 is 24.7 Å². The van der Waals surface area contributed by atoms with Gasteiger partial charge in [0.2, 0.25) is 17.8 Å². The second-order valence-corrected chi connectivity index (χ2v) is 8.95. The van der Waals surface area contributed by atoms with Crippen molar-refractivity contribution in [1.29, 1.82) is 0 Å². The van der Waals surface area contributed by atoms with Crippen molar-refractivity contribution < 1.29 is 23.9 Å². The number of nitrogens with one attached hydrogen (secondary N) is 1. The van der Waals surface area contributed by atoms with Gasteiger partial charge in [-0.25, -0.2) is 5.43 Å². The first kappa shape index (κ1) is 27.0. The van der Waals surface area contributed by atoms with E-state index in [1.54, 1.807) is 37.6 Å². The molecule has 0 radical (unpaired) electrons. The zero-order valence-corrected chi connectivity index (χ0v) is 22.1. The van der Waals surface area contributed by atoms with E-state index in [0.29, 0.717) is 82.0 Å². The molecule has 5 rings (SSSR count). The Morgan fingerprint density at radius 2 is 1.57 bits per heavy atom. The third kappa shape index (κ3) is 6.90. The van der Waals surface area contributed by atoms with Crippen molar-refractivity contribution in [2.24, 2.45) is 5.10 Å². The molecule has 14 nitrogen and oxygen atoms in total. The molecule has 3 heterocycles. The first-order chi connectivity index (χ1) is 19.6. The Hall–Kier alpha value is -4.56. The molecule has 1 aromatic heterocycles. The van der Waals surface area contributed by atoms with Gasteiger partial charge in [0.1, 0.15) is 6.61 Å². The van der Waals surface area contributed by atoms with Gasteiger partial charge < -0.3 is 28.7 Å². The highest BCUT2D eigenvalue weighted by molar-refractivity contribution is 5.81. The summed E-state index contributed by atoms with van der Waals surface area (Å²) in [5.74, 6) is 2.55. The van der Waals surface area contributed by atoms with Crippen LogP contribution in [-0.4, -0.2) is 85.8 Å². The molecule has 0 bridgehead atoms. The fourth-order valence-electron chi connectivity index (χ4n) is 4.14. The number of hydrogen-bond acceptors (Lipinski definition) is 13. The SMILES string of the molecule is COc1cc(/C=N\Nc2nc(N3CCOCC3)nc(N3CCOCC3)n2)ccc1OCc1ccc([N+](=O)[O-])cc1. The molecule has 0 amide bonds. The van der Waals surface area contributed by atoms with Crippen molar-refractivity contribution in [3.63, 3.8) is 0 Å². The van der Waals surface area contributed by atoms with Gasteiger partial charge in [0.15, 0.2) is 11.5 Å². The number of ether oxygens (including phenoxy) is 4. The molecule has 14 heteroatoms. The third-order valence-corrected chi connectivity index (χ3v) is 6.31. The maximum Gasteiger partial charge on any atom is 0.269 e. The van der Waals surface area contributed by atoms with Gasteiger partial charge in [-0.15, -0.1) is 0 Å². The number of nitro benzene ring substituents is 1. The maximum atomic E-state index is 10.8. The number of nitrogens with zero attached hydrogens (tertiary/aromatic N) is 7. The van der Waals surface area contributed by atoms with Crippen LogP contribution in [0.25, 0.3) is 0 Å². The molecule has 0 unspecified atom stereocenters. The van der Waals surface area contributed by atoms with E-state index in [-0.39, 0.29) is 12.3 Å². The molecule has 2 saturated heterocycles. The van der Waals surface area contributed by atoms with Gasteiger partial charge in [0.25, 0.3) is 5.69 Å². The maximum absolute atomic E-state index is 10.8. The van der Waals surface area contributed by atoms with E-state index >= 15 is 0 Å². The summed E-state index contributed by atoms with van der Waals surface area (Å²) in [6, 6.07) is 11.6. The Balaban J connectivity index is 1.26. The predicted molar refractivity (Wildman–Crippen MR) is 148 cm³/mol. The van der Waals surface area contributed by atoms with E-state index in [9.17, 15) is 10.1 Å². The number of methoxy groups -OCH3 is 1. The fourth-order valence-corrected chi connectivity index (χ4v) is 4.14. The molecular formula is C26H30N8O6. The van der Waals surface area contributed by atoms with Crippen LogP contribution in [-0.2, 0) is 16.1 Å². The second-order valence-electron chi connectivity index (χ2n) is 8.95. The van der Waals surface area contributed by atoms with Crippen LogP contribution in [0.5, 0.6) is 11.5 Å². The minimum Gasteiger partial charge on any atom is -0.493 e. The van der Waals surface area contributed by atoms with E-state index in [1.165, 1.54) is 12.1 Å². The average Bonchev–Trinajstić information content (AvgIpc) is 3.01. The molecule has 210 valence electrons. The van der Waals surface area contributed by atoms with Crippen LogP contribution in [0, 0.1) is 10.1 Å². The number of anilines is 3. The van der Waals surface area contributed by atoms with E-state index < -0.39 is 4.92 Å². The molecule has 3 aromatic rings. The van der Waals surface area contributed by atoms with Crippen LogP contribution in [0.1, 0.15) is 11.1 Å². The number of hydrogen-bond donors (Lipinski definition) is 1. The highest BCUT2D eigenvalue weighted by Gasteiger charge is 2.20. The lowest BCUT2D eigenvalue weighted by Gasteiger charge is -2.30. The lowest BCUT2D eigenvalue weighted by atomic mass is 10.2. The molecule has 1 N–H and O–H groups in total. The third-order valence-electron chi connectivity index (χ3n) is 6.31. The topological polar surface area (TPSA) is 150 Å². The van der Waals surface area contributed by atoms with Crippen LogP contribution in [0.3, 0.4) is 0 Å². The molecule has 2 aromatic carbocycles. The Kier molecular flexibility index (Phi) is 8.78. The van der Waals surface area contributed by atoms with E-state index in [4.69, 9.17) is 23.9 Å². The normalized spacial score (nSPS) is 15.7. The zero-order valence-electron chi connectivity index (χ0n) is 22.1. The van der Waals surface area contributed by atoms with Crippen molar-refractivity contribution in [2.75, 3.05) is 74.9 Å². The largest absolute Gasteiger partial charge is 0.493 e. The van der Waals surface area contributed by atoms with Gasteiger partial charge in [-0.3, -0.25) is 10.1 Å². The summed E-state index contributed by atoms with van der Waals surface area (Å²) in [5.41, 5.74) is 4.53. The molecule has 0 atom stereocenters. The highest BCUT2D eigenvalue weighted by atomic mass is 16.6. The van der Waals surface area contributed by atoms with Crippen molar-refractivity contribution in [3.05, 3.63) is 63.7 Å². The first-order valence-corrected chi connectivity index (χ1v) is 12.8. The Labute approximate surface area is 230 Å². The van der Waals surface area contributed by atoms with Crippen molar-refractivity contribution in [3.8, 4) is 11.5 Å². The molecule has 2 fully saturated rings. The van der Waals surface area contributed by atoms with Crippen molar-refractivity contribution in [2.45, 2.75) is 6.61 Å². The van der Waals surface area contributed by atoms with Gasteiger partial charge in [-0.1, -0.05) is 0 Å². The molecule has 40 heavy (non-hydrogen) atoms. The number of morpholine rings is 2. The van der Waals surface area contributed by atoms with Crippen molar-refractivity contribution in [1.82, 2.24) is 15.0 Å². The Bertz CT molecular complexity index is 1290. The first-order valence-electron chi connectivity index (χ1n) is 12.8. The summed E-state index contributed by atoms with van der Waals surface area (Å²) in [6.45, 7) is 5.52. The molecule has 2 aliphatic rings. The summed E-state index contributed by atoms with van der Waals surface area (Å²) >= 11 is 0.